The Bertz CT molecular complexity index is 397. The van der Waals surface area contributed by atoms with Crippen LogP contribution in [0.3, 0.4) is 0 Å². The zero-order chi connectivity index (χ0) is 11.0. The van der Waals surface area contributed by atoms with Gasteiger partial charge in [0.25, 0.3) is 0 Å². The number of rotatable bonds is 0. The normalized spacial score (nSPS) is 23.1. The molecule has 1 aliphatic carbocycles. The topological polar surface area (TPSA) is 24.9 Å². The molecule has 3 rings (SSSR count). The van der Waals surface area contributed by atoms with Crippen molar-refractivity contribution in [2.75, 3.05) is 13.1 Å². The Balaban J connectivity index is 2.04. The maximum atomic E-state index is 6.03. The van der Waals surface area contributed by atoms with Crippen molar-refractivity contribution >= 4 is 11.6 Å². The van der Waals surface area contributed by atoms with Crippen LogP contribution in [-0.2, 0) is 11.8 Å². The number of aryl methyl sites for hydroxylation is 1. The third kappa shape index (κ3) is 1.64. The van der Waals surface area contributed by atoms with E-state index in [0.29, 0.717) is 5.41 Å². The fraction of sp³-hybridized carbons (Fsp3) is 0.615. The van der Waals surface area contributed by atoms with Crippen molar-refractivity contribution in [2.24, 2.45) is 0 Å². The van der Waals surface area contributed by atoms with E-state index in [1.54, 1.807) is 0 Å². The summed E-state index contributed by atoms with van der Waals surface area (Å²) >= 11 is 6.03. The van der Waals surface area contributed by atoms with Crippen molar-refractivity contribution in [1.29, 1.82) is 0 Å². The molecule has 0 radical (unpaired) electrons. The van der Waals surface area contributed by atoms with Crippen molar-refractivity contribution in [3.8, 4) is 0 Å². The molecule has 0 aromatic carbocycles. The molecule has 0 amide bonds. The number of hydrogen-bond donors (Lipinski definition) is 1. The lowest BCUT2D eigenvalue weighted by Crippen LogP contribution is -2.42. The number of halogens is 1. The highest BCUT2D eigenvalue weighted by Gasteiger charge is 2.38. The molecule has 2 aliphatic rings. The molecular formula is C13H17ClN2. The molecule has 0 unspecified atom stereocenters. The van der Waals surface area contributed by atoms with Crippen molar-refractivity contribution in [1.82, 2.24) is 10.3 Å². The van der Waals surface area contributed by atoms with E-state index in [-0.39, 0.29) is 0 Å². The van der Waals surface area contributed by atoms with E-state index < -0.39 is 0 Å². The second kappa shape index (κ2) is 4.01. The summed E-state index contributed by atoms with van der Waals surface area (Å²) in [6.45, 7) is 2.26. The Hall–Kier alpha value is -0.600. The predicted molar refractivity (Wildman–Crippen MR) is 66.0 cm³/mol. The minimum absolute atomic E-state index is 0.351. The molecule has 1 aromatic heterocycles. The van der Waals surface area contributed by atoms with Gasteiger partial charge in [-0.15, -0.1) is 0 Å². The van der Waals surface area contributed by atoms with Crippen molar-refractivity contribution < 1.29 is 0 Å². The summed E-state index contributed by atoms with van der Waals surface area (Å²) in [5.74, 6) is 0. The zero-order valence-electron chi connectivity index (χ0n) is 9.43. The number of hydrogen-bond acceptors (Lipinski definition) is 2. The second-order valence-electron chi connectivity index (χ2n) is 5.05. The van der Waals surface area contributed by atoms with Gasteiger partial charge in [-0.2, -0.15) is 0 Å². The Morgan fingerprint density at radius 3 is 2.88 bits per heavy atom. The van der Waals surface area contributed by atoms with Gasteiger partial charge >= 0.3 is 0 Å². The molecular weight excluding hydrogens is 220 g/mol. The van der Waals surface area contributed by atoms with Gasteiger partial charge in [0.1, 0.15) is 0 Å². The highest BCUT2D eigenvalue weighted by Crippen LogP contribution is 2.42. The van der Waals surface area contributed by atoms with Crippen LogP contribution in [0.5, 0.6) is 0 Å². The summed E-state index contributed by atoms with van der Waals surface area (Å²) in [5, 5.41) is 4.23. The molecule has 2 heterocycles. The van der Waals surface area contributed by atoms with Crippen molar-refractivity contribution in [2.45, 2.75) is 37.5 Å². The molecule has 2 nitrogen and oxygen atoms in total. The van der Waals surface area contributed by atoms with Gasteiger partial charge in [0.2, 0.25) is 0 Å². The summed E-state index contributed by atoms with van der Waals surface area (Å²) in [6, 6.07) is 2.12. The van der Waals surface area contributed by atoms with E-state index in [1.807, 2.05) is 6.20 Å². The van der Waals surface area contributed by atoms with Gasteiger partial charge in [-0.25, -0.2) is 0 Å². The van der Waals surface area contributed by atoms with E-state index >= 15 is 0 Å². The monoisotopic (exact) mass is 236 g/mol. The molecule has 16 heavy (non-hydrogen) atoms. The quantitative estimate of drug-likeness (QED) is 0.749. The first-order chi connectivity index (χ1) is 7.80. The van der Waals surface area contributed by atoms with E-state index in [1.165, 1.54) is 36.9 Å². The molecule has 1 fully saturated rings. The van der Waals surface area contributed by atoms with Crippen LogP contribution in [0.2, 0.25) is 5.02 Å². The molecule has 0 bridgehead atoms. The Morgan fingerprint density at radius 2 is 2.06 bits per heavy atom. The number of nitrogens with one attached hydrogen (secondary N) is 1. The van der Waals surface area contributed by atoms with Crippen LogP contribution in [0, 0.1) is 0 Å². The maximum absolute atomic E-state index is 6.03. The first-order valence-corrected chi connectivity index (χ1v) is 6.54. The van der Waals surface area contributed by atoms with Crippen LogP contribution in [0.1, 0.15) is 36.9 Å². The number of fused-ring (bicyclic) bond motifs is 2. The summed E-state index contributed by atoms with van der Waals surface area (Å²) in [6.07, 6.45) is 8.02. The van der Waals surface area contributed by atoms with Crippen LogP contribution in [0.15, 0.2) is 12.3 Å². The van der Waals surface area contributed by atoms with Crippen molar-refractivity contribution in [3.63, 3.8) is 0 Å². The molecule has 0 saturated carbocycles. The minimum Gasteiger partial charge on any atom is -0.317 e. The smallest absolute Gasteiger partial charge is 0.0592 e. The van der Waals surface area contributed by atoms with Gasteiger partial charge in [-0.3, -0.25) is 4.98 Å². The molecule has 1 aromatic rings. The standard InChI is InChI=1S/C13H17ClN2/c14-11-8-10-2-1-3-13(12(10)16-9-11)4-6-15-7-5-13/h8-9,15H,1-7H2. The van der Waals surface area contributed by atoms with Crippen LogP contribution in [-0.4, -0.2) is 18.1 Å². The zero-order valence-corrected chi connectivity index (χ0v) is 10.2. The number of nitrogens with zero attached hydrogens (tertiary/aromatic N) is 1. The lowest BCUT2D eigenvalue weighted by Gasteiger charge is -2.41. The van der Waals surface area contributed by atoms with E-state index in [2.05, 4.69) is 16.4 Å². The average Bonchev–Trinajstić information content (AvgIpc) is 2.30. The average molecular weight is 237 g/mol. The van der Waals surface area contributed by atoms with Gasteiger partial charge < -0.3 is 5.32 Å². The van der Waals surface area contributed by atoms with Crippen LogP contribution in [0.25, 0.3) is 0 Å². The highest BCUT2D eigenvalue weighted by atomic mass is 35.5. The number of piperidine rings is 1. The fourth-order valence-electron chi connectivity index (χ4n) is 3.28. The van der Waals surface area contributed by atoms with E-state index in [0.717, 1.165) is 24.5 Å². The second-order valence-corrected chi connectivity index (χ2v) is 5.48. The lowest BCUT2D eigenvalue weighted by molar-refractivity contribution is 0.260. The molecule has 1 N–H and O–H groups in total. The molecule has 3 heteroatoms. The maximum Gasteiger partial charge on any atom is 0.0592 e. The fourth-order valence-corrected chi connectivity index (χ4v) is 3.46. The van der Waals surface area contributed by atoms with Gasteiger partial charge in [-0.1, -0.05) is 11.6 Å². The van der Waals surface area contributed by atoms with Crippen LogP contribution >= 0.6 is 11.6 Å². The SMILES string of the molecule is Clc1cnc2c(c1)CCCC21CCNCC1. The Morgan fingerprint density at radius 1 is 1.25 bits per heavy atom. The molecule has 0 atom stereocenters. The largest absolute Gasteiger partial charge is 0.317 e. The molecule has 1 spiro atoms. The Kier molecular flexibility index (Phi) is 2.64. The third-order valence-corrected chi connectivity index (χ3v) is 4.30. The van der Waals surface area contributed by atoms with Gasteiger partial charge in [0.05, 0.1) is 5.02 Å². The predicted octanol–water partition coefficient (Wildman–Crippen LogP) is 2.69. The molecule has 86 valence electrons. The number of pyridine rings is 1. The van der Waals surface area contributed by atoms with Gasteiger partial charge in [0, 0.05) is 17.3 Å². The van der Waals surface area contributed by atoms with E-state index in [4.69, 9.17) is 11.6 Å². The summed E-state index contributed by atoms with van der Waals surface area (Å²) in [4.78, 5) is 4.64. The van der Waals surface area contributed by atoms with Crippen molar-refractivity contribution in [3.05, 3.63) is 28.5 Å². The first kappa shape index (κ1) is 10.5. The summed E-state index contributed by atoms with van der Waals surface area (Å²) in [5.41, 5.74) is 3.08. The molecule has 1 saturated heterocycles. The van der Waals surface area contributed by atoms with Gasteiger partial charge in [0.15, 0.2) is 0 Å². The van der Waals surface area contributed by atoms with Crippen LogP contribution < -0.4 is 5.32 Å². The highest BCUT2D eigenvalue weighted by molar-refractivity contribution is 6.30. The third-order valence-electron chi connectivity index (χ3n) is 4.10. The minimum atomic E-state index is 0.351. The van der Waals surface area contributed by atoms with Gasteiger partial charge in [-0.05, 0) is 56.8 Å². The summed E-state index contributed by atoms with van der Waals surface area (Å²) in [7, 11) is 0. The lowest BCUT2D eigenvalue weighted by atomic mass is 9.67. The summed E-state index contributed by atoms with van der Waals surface area (Å²) < 4.78 is 0. The van der Waals surface area contributed by atoms with Crippen LogP contribution in [0.4, 0.5) is 0 Å². The Labute approximate surface area is 101 Å². The first-order valence-electron chi connectivity index (χ1n) is 6.16. The number of aromatic nitrogens is 1. The van der Waals surface area contributed by atoms with E-state index in [9.17, 15) is 0 Å². The molecule has 1 aliphatic heterocycles.